The van der Waals surface area contributed by atoms with Crippen LogP contribution < -0.4 is 4.74 Å². The van der Waals surface area contributed by atoms with Gasteiger partial charge in [0.05, 0.1) is 24.7 Å². The van der Waals surface area contributed by atoms with E-state index in [0.717, 1.165) is 16.9 Å². The second kappa shape index (κ2) is 8.54. The minimum absolute atomic E-state index is 0.0319. The Bertz CT molecular complexity index is 1050. The standard InChI is InChI=1S/C24H29NO5S/c1-16(2)19-6-4-5-18(12-19)13-25-22-15-31(27,28)14-20(23(22)30-24(25)26)11-17-7-9-21(29-3)10-8-17/h4-10,12,16,20,22-23H,11,13-15H2,1-3H3/t20-,22+,23+/m1/s1. The SMILES string of the molecule is COc1ccc(C[C@@H]2CS(=O)(=O)C[C@H]3[C@H]2OC(=O)N3Cc2cccc(C(C)C)c2)cc1. The molecule has 2 aliphatic heterocycles. The van der Waals surface area contributed by atoms with Crippen molar-refractivity contribution in [2.45, 2.75) is 44.9 Å². The maximum atomic E-state index is 12.7. The molecule has 0 spiro atoms. The summed E-state index contributed by atoms with van der Waals surface area (Å²) in [4.78, 5) is 14.3. The van der Waals surface area contributed by atoms with Crippen molar-refractivity contribution in [1.82, 2.24) is 4.90 Å². The van der Waals surface area contributed by atoms with Crippen molar-refractivity contribution in [3.63, 3.8) is 0 Å². The Hall–Kier alpha value is -2.54. The van der Waals surface area contributed by atoms with Crippen LogP contribution in [0.4, 0.5) is 4.79 Å². The Morgan fingerprint density at radius 3 is 2.52 bits per heavy atom. The van der Waals surface area contributed by atoms with Crippen LogP contribution in [0.2, 0.25) is 0 Å². The van der Waals surface area contributed by atoms with Crippen molar-refractivity contribution in [2.75, 3.05) is 18.6 Å². The number of ether oxygens (including phenoxy) is 2. The number of methoxy groups -OCH3 is 1. The number of carbonyl (C=O) groups is 1. The Morgan fingerprint density at radius 2 is 1.84 bits per heavy atom. The lowest BCUT2D eigenvalue weighted by Gasteiger charge is -2.34. The maximum absolute atomic E-state index is 12.7. The van der Waals surface area contributed by atoms with Gasteiger partial charge in [-0.1, -0.05) is 50.2 Å². The number of hydrogen-bond donors (Lipinski definition) is 0. The molecular formula is C24H29NO5S. The summed E-state index contributed by atoms with van der Waals surface area (Å²) in [6.45, 7) is 4.60. The van der Waals surface area contributed by atoms with E-state index in [1.807, 2.05) is 36.4 Å². The Balaban J connectivity index is 1.56. The first kappa shape index (κ1) is 21.7. The Kier molecular flexibility index (Phi) is 5.97. The van der Waals surface area contributed by atoms with E-state index in [2.05, 4.69) is 26.0 Å². The molecule has 2 heterocycles. The lowest BCUT2D eigenvalue weighted by atomic mass is 9.91. The predicted octanol–water partition coefficient (Wildman–Crippen LogP) is 3.80. The number of sulfone groups is 1. The molecule has 2 aliphatic rings. The molecule has 0 radical (unpaired) electrons. The minimum Gasteiger partial charge on any atom is -0.497 e. The van der Waals surface area contributed by atoms with Crippen molar-refractivity contribution >= 4 is 15.9 Å². The number of rotatable bonds is 6. The highest BCUT2D eigenvalue weighted by molar-refractivity contribution is 7.91. The van der Waals surface area contributed by atoms with Gasteiger partial charge in [0.25, 0.3) is 0 Å². The Morgan fingerprint density at radius 1 is 1.10 bits per heavy atom. The molecule has 0 aliphatic carbocycles. The van der Waals surface area contributed by atoms with Gasteiger partial charge in [0.1, 0.15) is 11.9 Å². The third-order valence-electron chi connectivity index (χ3n) is 6.24. The number of amides is 1. The summed E-state index contributed by atoms with van der Waals surface area (Å²) >= 11 is 0. The average molecular weight is 444 g/mol. The summed E-state index contributed by atoms with van der Waals surface area (Å²) in [7, 11) is -1.68. The van der Waals surface area contributed by atoms with Crippen LogP contribution in [0.3, 0.4) is 0 Å². The lowest BCUT2D eigenvalue weighted by Crippen LogP contribution is -2.51. The molecule has 0 saturated carbocycles. The van der Waals surface area contributed by atoms with Crippen LogP contribution >= 0.6 is 0 Å². The third kappa shape index (κ3) is 4.71. The quantitative estimate of drug-likeness (QED) is 0.679. The molecule has 0 N–H and O–H groups in total. The second-order valence-electron chi connectivity index (χ2n) is 8.83. The van der Waals surface area contributed by atoms with Gasteiger partial charge in [-0.15, -0.1) is 0 Å². The van der Waals surface area contributed by atoms with Crippen LogP contribution in [-0.4, -0.2) is 50.2 Å². The smallest absolute Gasteiger partial charge is 0.410 e. The van der Waals surface area contributed by atoms with Gasteiger partial charge in [0.2, 0.25) is 0 Å². The molecule has 0 aromatic heterocycles. The third-order valence-corrected chi connectivity index (χ3v) is 8.02. The van der Waals surface area contributed by atoms with Crippen LogP contribution in [0.15, 0.2) is 48.5 Å². The van der Waals surface area contributed by atoms with Gasteiger partial charge in [-0.25, -0.2) is 13.2 Å². The number of nitrogens with zero attached hydrogens (tertiary/aromatic N) is 1. The van der Waals surface area contributed by atoms with Gasteiger partial charge in [0, 0.05) is 12.5 Å². The normalized spacial score (nSPS) is 24.7. The topological polar surface area (TPSA) is 72.9 Å². The highest BCUT2D eigenvalue weighted by Crippen LogP contribution is 2.35. The van der Waals surface area contributed by atoms with Crippen LogP contribution in [0, 0.1) is 5.92 Å². The molecule has 4 rings (SSSR count). The number of carbonyl (C=O) groups excluding carboxylic acids is 1. The van der Waals surface area contributed by atoms with Crippen molar-refractivity contribution < 1.29 is 22.7 Å². The average Bonchev–Trinajstić information content (AvgIpc) is 3.03. The fraction of sp³-hybridized carbons (Fsp3) is 0.458. The van der Waals surface area contributed by atoms with E-state index in [-0.39, 0.29) is 17.4 Å². The summed E-state index contributed by atoms with van der Waals surface area (Å²) in [6.07, 6.45) is -0.317. The second-order valence-corrected chi connectivity index (χ2v) is 11.0. The van der Waals surface area contributed by atoms with Gasteiger partial charge in [-0.05, 0) is 41.2 Å². The molecule has 2 fully saturated rings. The zero-order valence-corrected chi connectivity index (χ0v) is 19.0. The molecule has 2 aromatic carbocycles. The molecule has 166 valence electrons. The van der Waals surface area contributed by atoms with Gasteiger partial charge in [0.15, 0.2) is 9.84 Å². The summed E-state index contributed by atoms with van der Waals surface area (Å²) in [5, 5.41) is 0. The first-order valence-corrected chi connectivity index (χ1v) is 12.5. The van der Waals surface area contributed by atoms with E-state index in [1.54, 1.807) is 12.0 Å². The highest BCUT2D eigenvalue weighted by Gasteiger charge is 2.51. The van der Waals surface area contributed by atoms with Crippen molar-refractivity contribution in [1.29, 1.82) is 0 Å². The fourth-order valence-electron chi connectivity index (χ4n) is 4.59. The zero-order valence-electron chi connectivity index (χ0n) is 18.2. The van der Waals surface area contributed by atoms with Gasteiger partial charge in [-0.2, -0.15) is 0 Å². The zero-order chi connectivity index (χ0) is 22.2. The molecule has 0 bridgehead atoms. The number of benzene rings is 2. The van der Waals surface area contributed by atoms with E-state index in [1.165, 1.54) is 5.56 Å². The van der Waals surface area contributed by atoms with E-state index in [0.29, 0.717) is 18.9 Å². The van der Waals surface area contributed by atoms with Crippen molar-refractivity contribution in [2.24, 2.45) is 5.92 Å². The lowest BCUT2D eigenvalue weighted by molar-refractivity contribution is 0.0970. The summed E-state index contributed by atoms with van der Waals surface area (Å²) in [5.74, 6) is 0.839. The molecule has 2 saturated heterocycles. The van der Waals surface area contributed by atoms with E-state index in [9.17, 15) is 13.2 Å². The minimum atomic E-state index is -3.29. The molecule has 0 unspecified atom stereocenters. The molecule has 2 aromatic rings. The van der Waals surface area contributed by atoms with E-state index < -0.39 is 28.1 Å². The van der Waals surface area contributed by atoms with E-state index >= 15 is 0 Å². The van der Waals surface area contributed by atoms with Crippen LogP contribution in [0.5, 0.6) is 5.75 Å². The van der Waals surface area contributed by atoms with Crippen LogP contribution in [0.1, 0.15) is 36.5 Å². The van der Waals surface area contributed by atoms with Crippen molar-refractivity contribution in [3.05, 3.63) is 65.2 Å². The molecule has 31 heavy (non-hydrogen) atoms. The predicted molar refractivity (Wildman–Crippen MR) is 119 cm³/mol. The number of fused-ring (bicyclic) bond motifs is 1. The molecular weight excluding hydrogens is 414 g/mol. The monoisotopic (exact) mass is 443 g/mol. The van der Waals surface area contributed by atoms with Crippen molar-refractivity contribution in [3.8, 4) is 5.75 Å². The number of hydrogen-bond acceptors (Lipinski definition) is 5. The summed E-state index contributed by atoms with van der Waals surface area (Å²) < 4.78 is 36.4. The van der Waals surface area contributed by atoms with Crippen LogP contribution in [0.25, 0.3) is 0 Å². The molecule has 6 nitrogen and oxygen atoms in total. The highest BCUT2D eigenvalue weighted by atomic mass is 32.2. The first-order chi connectivity index (χ1) is 14.8. The molecule has 1 amide bonds. The molecule has 7 heteroatoms. The fourth-order valence-corrected chi connectivity index (χ4v) is 6.57. The summed E-state index contributed by atoms with van der Waals surface area (Å²) in [6, 6.07) is 15.2. The molecule has 3 atom stereocenters. The largest absolute Gasteiger partial charge is 0.497 e. The van der Waals surface area contributed by atoms with Gasteiger partial charge in [-0.3, -0.25) is 4.90 Å². The van der Waals surface area contributed by atoms with E-state index in [4.69, 9.17) is 9.47 Å². The maximum Gasteiger partial charge on any atom is 0.410 e. The summed E-state index contributed by atoms with van der Waals surface area (Å²) in [5.41, 5.74) is 3.18. The van der Waals surface area contributed by atoms with Gasteiger partial charge < -0.3 is 9.47 Å². The van der Waals surface area contributed by atoms with Crippen LogP contribution in [-0.2, 0) is 27.5 Å². The Labute approximate surface area is 184 Å². The first-order valence-electron chi connectivity index (χ1n) is 10.6. The van der Waals surface area contributed by atoms with Gasteiger partial charge >= 0.3 is 6.09 Å².